The Morgan fingerprint density at radius 2 is 1.67 bits per heavy atom. The van der Waals surface area contributed by atoms with Crippen molar-refractivity contribution in [3.05, 3.63) is 62.5 Å². The molecule has 9 heteroatoms. The predicted molar refractivity (Wildman–Crippen MR) is 136 cm³/mol. The maximum atomic E-state index is 13.2. The second-order valence-corrected chi connectivity index (χ2v) is 9.10. The quantitative estimate of drug-likeness (QED) is 0.157. The van der Waals surface area contributed by atoms with Crippen molar-refractivity contribution in [1.29, 1.82) is 0 Å². The number of nitrogens with zero attached hydrogens (tertiary/aromatic N) is 1. The summed E-state index contributed by atoms with van der Waals surface area (Å²) in [6.45, 7) is 9.97. The van der Waals surface area contributed by atoms with Crippen LogP contribution < -0.4 is 5.32 Å². The fraction of sp³-hybridized carbons (Fsp3) is 0.556. The molecule has 0 aromatic heterocycles. The van der Waals surface area contributed by atoms with Crippen molar-refractivity contribution in [3.8, 4) is 0 Å². The molecule has 1 aliphatic rings. The van der Waals surface area contributed by atoms with Gasteiger partial charge in [0.25, 0.3) is 5.69 Å². The van der Waals surface area contributed by atoms with E-state index in [0.717, 1.165) is 12.8 Å². The fourth-order valence-electron chi connectivity index (χ4n) is 4.14. The van der Waals surface area contributed by atoms with Crippen molar-refractivity contribution >= 4 is 17.6 Å². The third-order valence-corrected chi connectivity index (χ3v) is 5.81. The van der Waals surface area contributed by atoms with Crippen molar-refractivity contribution < 1.29 is 28.7 Å². The first-order valence-electron chi connectivity index (χ1n) is 12.6. The number of non-ortho nitro benzene ring substituents is 1. The van der Waals surface area contributed by atoms with Crippen LogP contribution in [0, 0.1) is 10.1 Å². The number of carbonyl (C=O) groups excluding carboxylic acids is 2. The monoisotopic (exact) mass is 502 g/mol. The summed E-state index contributed by atoms with van der Waals surface area (Å²) in [5.41, 5.74) is 1.72. The Labute approximate surface area is 213 Å². The van der Waals surface area contributed by atoms with Gasteiger partial charge in [0, 0.05) is 30.1 Å². The van der Waals surface area contributed by atoms with Crippen molar-refractivity contribution in [2.24, 2.45) is 0 Å². The minimum Gasteiger partial charge on any atom is -0.460 e. The van der Waals surface area contributed by atoms with Crippen LogP contribution in [0.25, 0.3) is 0 Å². The third-order valence-electron chi connectivity index (χ3n) is 5.81. The number of unbranched alkanes of at least 4 members (excludes halogenated alkanes) is 4. The van der Waals surface area contributed by atoms with Gasteiger partial charge in [-0.1, -0.05) is 44.7 Å². The lowest BCUT2D eigenvalue weighted by Gasteiger charge is -2.30. The van der Waals surface area contributed by atoms with Crippen LogP contribution in [0.2, 0.25) is 0 Å². The lowest BCUT2D eigenvalue weighted by atomic mass is 9.80. The minimum absolute atomic E-state index is 0.0563. The van der Waals surface area contributed by atoms with Crippen LogP contribution in [-0.4, -0.2) is 42.8 Å². The molecule has 0 saturated carbocycles. The maximum absolute atomic E-state index is 13.2. The number of rotatable bonds is 14. The Morgan fingerprint density at radius 1 is 1.00 bits per heavy atom. The topological polar surface area (TPSA) is 117 Å². The van der Waals surface area contributed by atoms with Gasteiger partial charge in [0.15, 0.2) is 0 Å². The molecule has 0 aliphatic carbocycles. The number of carbonyl (C=O) groups is 2. The number of hydrogen-bond donors (Lipinski definition) is 1. The van der Waals surface area contributed by atoms with Crippen LogP contribution in [0.15, 0.2) is 46.8 Å². The van der Waals surface area contributed by atoms with E-state index in [1.807, 2.05) is 0 Å². The van der Waals surface area contributed by atoms with E-state index in [9.17, 15) is 19.7 Å². The first-order chi connectivity index (χ1) is 17.2. The predicted octanol–water partition coefficient (Wildman–Crippen LogP) is 5.31. The highest BCUT2D eigenvalue weighted by Gasteiger charge is 2.38. The second kappa shape index (κ2) is 14.4. The van der Waals surface area contributed by atoms with Crippen molar-refractivity contribution in [1.82, 2.24) is 5.32 Å². The van der Waals surface area contributed by atoms with Crippen LogP contribution in [0.1, 0.15) is 78.2 Å². The smallest absolute Gasteiger partial charge is 0.337 e. The maximum Gasteiger partial charge on any atom is 0.337 e. The number of nitro benzene ring substituents is 1. The number of allylic oxidation sites excluding steroid dienone is 2. The van der Waals surface area contributed by atoms with Gasteiger partial charge in [-0.25, -0.2) is 9.59 Å². The number of nitrogens with one attached hydrogen (secondary N) is 1. The summed E-state index contributed by atoms with van der Waals surface area (Å²) in [5, 5.41) is 14.5. The summed E-state index contributed by atoms with van der Waals surface area (Å²) < 4.78 is 16.5. The molecular weight excluding hydrogens is 464 g/mol. The van der Waals surface area contributed by atoms with E-state index in [-0.39, 0.29) is 36.2 Å². The zero-order valence-electron chi connectivity index (χ0n) is 21.9. The van der Waals surface area contributed by atoms with E-state index in [1.165, 1.54) is 37.5 Å². The van der Waals surface area contributed by atoms with Gasteiger partial charge in [0.05, 0.1) is 34.7 Å². The minimum atomic E-state index is -0.885. The molecule has 1 aliphatic heterocycles. The SMILES string of the molecule is CCCCCCCOCCOC(=O)C1=C(C)NC(C)=C(C(=O)OC(C)C)C1c1cccc([N+](=O)[O-])c1. The molecule has 36 heavy (non-hydrogen) atoms. The van der Waals surface area contributed by atoms with Crippen LogP contribution >= 0.6 is 0 Å². The molecule has 0 fully saturated rings. The molecule has 0 radical (unpaired) electrons. The number of esters is 2. The van der Waals surface area contributed by atoms with Gasteiger partial charge in [-0.15, -0.1) is 0 Å². The van der Waals surface area contributed by atoms with Crippen LogP contribution in [-0.2, 0) is 23.8 Å². The Balaban J connectivity index is 2.23. The van der Waals surface area contributed by atoms with E-state index < -0.39 is 22.8 Å². The van der Waals surface area contributed by atoms with E-state index in [4.69, 9.17) is 14.2 Å². The standard InChI is InChI=1S/C27H38N2O7/c1-6-7-8-9-10-14-34-15-16-35-26(30)23-19(4)28-20(5)24(27(31)36-18(2)3)25(23)21-12-11-13-22(17-21)29(32)33/h11-13,17-18,25,28H,6-10,14-16H2,1-5H3. The van der Waals surface area contributed by atoms with Crippen LogP contribution in [0.5, 0.6) is 0 Å². The second-order valence-electron chi connectivity index (χ2n) is 9.10. The van der Waals surface area contributed by atoms with Crippen LogP contribution in [0.4, 0.5) is 5.69 Å². The highest BCUT2D eigenvalue weighted by molar-refractivity contribution is 6.00. The van der Waals surface area contributed by atoms with Crippen LogP contribution in [0.3, 0.4) is 0 Å². The Bertz CT molecular complexity index is 998. The molecule has 1 unspecified atom stereocenters. The molecule has 1 aromatic carbocycles. The lowest BCUT2D eigenvalue weighted by molar-refractivity contribution is -0.384. The summed E-state index contributed by atoms with van der Waals surface area (Å²) in [7, 11) is 0. The largest absolute Gasteiger partial charge is 0.460 e. The number of hydrogen-bond acceptors (Lipinski definition) is 8. The summed E-state index contributed by atoms with van der Waals surface area (Å²) in [6.07, 6.45) is 5.27. The molecule has 9 nitrogen and oxygen atoms in total. The molecule has 1 N–H and O–H groups in total. The summed E-state index contributed by atoms with van der Waals surface area (Å²) in [5.74, 6) is -2.11. The fourth-order valence-corrected chi connectivity index (χ4v) is 4.14. The molecule has 0 spiro atoms. The molecule has 1 heterocycles. The molecule has 1 atom stereocenters. The summed E-state index contributed by atoms with van der Waals surface area (Å²) >= 11 is 0. The molecule has 0 bridgehead atoms. The average molecular weight is 503 g/mol. The summed E-state index contributed by atoms with van der Waals surface area (Å²) in [6, 6.07) is 5.92. The highest BCUT2D eigenvalue weighted by atomic mass is 16.6. The molecular formula is C27H38N2O7. The molecule has 198 valence electrons. The normalized spacial score (nSPS) is 15.7. The molecule has 1 aromatic rings. The van der Waals surface area contributed by atoms with E-state index >= 15 is 0 Å². The third kappa shape index (κ3) is 8.19. The van der Waals surface area contributed by atoms with Gasteiger partial charge in [-0.05, 0) is 39.7 Å². The molecule has 0 saturated heterocycles. The van der Waals surface area contributed by atoms with Crippen molar-refractivity contribution in [3.63, 3.8) is 0 Å². The number of benzene rings is 1. The van der Waals surface area contributed by atoms with E-state index in [0.29, 0.717) is 23.6 Å². The molecule has 0 amide bonds. The molecule has 2 rings (SSSR count). The first kappa shape index (κ1) is 29.0. The Hall–Kier alpha value is -3.20. The van der Waals surface area contributed by atoms with E-state index in [2.05, 4.69) is 12.2 Å². The van der Waals surface area contributed by atoms with Gasteiger partial charge < -0.3 is 19.5 Å². The van der Waals surface area contributed by atoms with Gasteiger partial charge in [0.1, 0.15) is 6.61 Å². The number of nitro groups is 1. The summed E-state index contributed by atoms with van der Waals surface area (Å²) in [4.78, 5) is 37.2. The van der Waals surface area contributed by atoms with Gasteiger partial charge in [0.2, 0.25) is 0 Å². The van der Waals surface area contributed by atoms with Crippen molar-refractivity contribution in [2.75, 3.05) is 19.8 Å². The van der Waals surface area contributed by atoms with Gasteiger partial charge >= 0.3 is 11.9 Å². The van der Waals surface area contributed by atoms with Gasteiger partial charge in [-0.2, -0.15) is 0 Å². The Morgan fingerprint density at radius 3 is 2.31 bits per heavy atom. The van der Waals surface area contributed by atoms with Crippen molar-refractivity contribution in [2.45, 2.75) is 78.7 Å². The lowest BCUT2D eigenvalue weighted by Crippen LogP contribution is -2.33. The van der Waals surface area contributed by atoms with E-state index in [1.54, 1.807) is 33.8 Å². The van der Waals surface area contributed by atoms with Gasteiger partial charge in [-0.3, -0.25) is 10.1 Å². The Kier molecular flexibility index (Phi) is 11.6. The zero-order valence-corrected chi connectivity index (χ0v) is 21.9. The highest BCUT2D eigenvalue weighted by Crippen LogP contribution is 2.40. The zero-order chi connectivity index (χ0) is 26.7. The number of dihydropyridines is 1. The first-order valence-corrected chi connectivity index (χ1v) is 12.6. The average Bonchev–Trinajstić information content (AvgIpc) is 2.81. The number of ether oxygens (including phenoxy) is 3.